The minimum absolute atomic E-state index is 0.0751. The quantitative estimate of drug-likeness (QED) is 0.439. The van der Waals surface area contributed by atoms with Crippen molar-refractivity contribution in [2.24, 2.45) is 0 Å². The number of hydrogen-bond donors (Lipinski definition) is 2. The van der Waals surface area contributed by atoms with Gasteiger partial charge in [0.15, 0.2) is 0 Å². The number of aliphatic carboxylic acids is 1. The molecule has 0 fully saturated rings. The number of carbonyl (C=O) groups excluding carboxylic acids is 1. The van der Waals surface area contributed by atoms with Crippen molar-refractivity contribution in [2.45, 2.75) is 64.4 Å². The number of ether oxygens (including phenoxy) is 1. The summed E-state index contributed by atoms with van der Waals surface area (Å²) in [5.74, 6) is -1.04. The summed E-state index contributed by atoms with van der Waals surface area (Å²) in [7, 11) is 0. The zero-order chi connectivity index (χ0) is 13.8. The zero-order valence-corrected chi connectivity index (χ0v) is 11.1. The normalized spacial score (nSPS) is 12.1. The predicted octanol–water partition coefficient (Wildman–Crippen LogP) is 2.12. The van der Waals surface area contributed by atoms with E-state index in [-0.39, 0.29) is 19.0 Å². The van der Waals surface area contributed by atoms with Crippen LogP contribution in [0.25, 0.3) is 0 Å². The van der Waals surface area contributed by atoms with Crippen LogP contribution in [0.15, 0.2) is 0 Å². The molecule has 0 aliphatic carbocycles. The van der Waals surface area contributed by atoms with E-state index in [2.05, 4.69) is 0 Å². The van der Waals surface area contributed by atoms with Crippen LogP contribution in [0.1, 0.15) is 58.3 Å². The van der Waals surface area contributed by atoms with Crippen LogP contribution in [0, 0.1) is 0 Å². The molecule has 0 aliphatic rings. The third-order valence-corrected chi connectivity index (χ3v) is 2.65. The van der Waals surface area contributed by atoms with Crippen molar-refractivity contribution in [2.75, 3.05) is 6.61 Å². The van der Waals surface area contributed by atoms with Gasteiger partial charge in [0, 0.05) is 12.8 Å². The van der Waals surface area contributed by atoms with E-state index >= 15 is 0 Å². The second kappa shape index (κ2) is 11.0. The summed E-state index contributed by atoms with van der Waals surface area (Å²) in [5, 5.41) is 18.0. The molecule has 0 aromatic rings. The maximum absolute atomic E-state index is 10.8. The molecule has 0 bridgehead atoms. The van der Waals surface area contributed by atoms with Crippen molar-refractivity contribution in [3.8, 4) is 0 Å². The lowest BCUT2D eigenvalue weighted by molar-refractivity contribution is -0.146. The van der Waals surface area contributed by atoms with Crippen molar-refractivity contribution in [1.29, 1.82) is 0 Å². The number of aliphatic hydroxyl groups is 1. The molecule has 1 unspecified atom stereocenters. The molecule has 0 aromatic heterocycles. The summed E-state index contributed by atoms with van der Waals surface area (Å²) in [6.45, 7) is 1.79. The van der Waals surface area contributed by atoms with Crippen LogP contribution in [0.2, 0.25) is 0 Å². The molecular weight excluding hydrogens is 236 g/mol. The fourth-order valence-electron chi connectivity index (χ4n) is 1.56. The van der Waals surface area contributed by atoms with E-state index in [0.29, 0.717) is 19.3 Å². The average molecular weight is 260 g/mol. The molecule has 5 nitrogen and oxygen atoms in total. The van der Waals surface area contributed by atoms with Crippen molar-refractivity contribution in [3.05, 3.63) is 0 Å². The molecular formula is C13H24O5. The Kier molecular flexibility index (Phi) is 10.3. The molecule has 18 heavy (non-hydrogen) atoms. The number of carboxylic acid groups (broad SMARTS) is 1. The fourth-order valence-corrected chi connectivity index (χ4v) is 1.56. The largest absolute Gasteiger partial charge is 0.481 e. The van der Waals surface area contributed by atoms with Crippen LogP contribution in [-0.2, 0) is 14.3 Å². The first-order chi connectivity index (χ1) is 8.56. The molecule has 2 N–H and O–H groups in total. The molecule has 0 heterocycles. The summed E-state index contributed by atoms with van der Waals surface area (Å²) in [6, 6.07) is 0. The smallest absolute Gasteiger partial charge is 0.305 e. The van der Waals surface area contributed by atoms with E-state index in [1.54, 1.807) is 6.92 Å². The Hall–Kier alpha value is -1.10. The number of aliphatic hydroxyl groups excluding tert-OH is 1. The summed E-state index contributed by atoms with van der Waals surface area (Å²) >= 11 is 0. The van der Waals surface area contributed by atoms with E-state index < -0.39 is 12.1 Å². The molecule has 106 valence electrons. The molecule has 0 amide bonds. The topological polar surface area (TPSA) is 83.8 Å². The van der Waals surface area contributed by atoms with E-state index in [4.69, 9.17) is 9.84 Å². The molecule has 0 rings (SSSR count). The maximum Gasteiger partial charge on any atom is 0.305 e. The Morgan fingerprint density at radius 1 is 1.11 bits per heavy atom. The molecule has 0 saturated carbocycles. The highest BCUT2D eigenvalue weighted by molar-refractivity contribution is 5.68. The molecule has 1 atom stereocenters. The van der Waals surface area contributed by atoms with Crippen LogP contribution in [0.3, 0.4) is 0 Å². The van der Waals surface area contributed by atoms with Crippen LogP contribution in [0.4, 0.5) is 0 Å². The number of hydrogen-bond acceptors (Lipinski definition) is 4. The second-order valence-electron chi connectivity index (χ2n) is 4.39. The Bertz CT molecular complexity index is 240. The van der Waals surface area contributed by atoms with Gasteiger partial charge < -0.3 is 14.9 Å². The van der Waals surface area contributed by atoms with Crippen molar-refractivity contribution >= 4 is 11.9 Å². The van der Waals surface area contributed by atoms with Gasteiger partial charge in [-0.05, 0) is 12.8 Å². The molecule has 0 aliphatic heterocycles. The fraction of sp³-hybridized carbons (Fsp3) is 0.846. The van der Waals surface area contributed by atoms with E-state index in [1.165, 1.54) is 0 Å². The SMILES string of the molecule is CCC(=O)OCC(O)CCCCCCCC(=O)O. The Labute approximate surface area is 108 Å². The van der Waals surface area contributed by atoms with Crippen LogP contribution >= 0.6 is 0 Å². The van der Waals surface area contributed by atoms with Gasteiger partial charge in [-0.25, -0.2) is 0 Å². The van der Waals surface area contributed by atoms with Gasteiger partial charge in [-0.3, -0.25) is 9.59 Å². The van der Waals surface area contributed by atoms with Crippen LogP contribution < -0.4 is 0 Å². The van der Waals surface area contributed by atoms with Gasteiger partial charge in [0.2, 0.25) is 0 Å². The monoisotopic (exact) mass is 260 g/mol. The van der Waals surface area contributed by atoms with Gasteiger partial charge in [-0.1, -0.05) is 32.6 Å². The summed E-state index contributed by atoms with van der Waals surface area (Å²) in [6.07, 6.45) is 5.05. The van der Waals surface area contributed by atoms with Crippen molar-refractivity contribution < 1.29 is 24.5 Å². The average Bonchev–Trinajstić information content (AvgIpc) is 2.34. The summed E-state index contributed by atoms with van der Waals surface area (Å²) in [4.78, 5) is 21.1. The number of unbranched alkanes of at least 4 members (excludes halogenated alkanes) is 4. The summed E-state index contributed by atoms with van der Waals surface area (Å²) in [5.41, 5.74) is 0. The third kappa shape index (κ3) is 11.4. The first-order valence-corrected chi connectivity index (χ1v) is 6.61. The first kappa shape index (κ1) is 16.9. The van der Waals surface area contributed by atoms with Crippen LogP contribution in [0.5, 0.6) is 0 Å². The lowest BCUT2D eigenvalue weighted by atomic mass is 10.1. The minimum Gasteiger partial charge on any atom is -0.481 e. The van der Waals surface area contributed by atoms with Crippen molar-refractivity contribution in [3.63, 3.8) is 0 Å². The van der Waals surface area contributed by atoms with E-state index in [9.17, 15) is 14.7 Å². The highest BCUT2D eigenvalue weighted by Crippen LogP contribution is 2.09. The van der Waals surface area contributed by atoms with Crippen LogP contribution in [-0.4, -0.2) is 34.9 Å². The molecule has 0 saturated heterocycles. The second-order valence-corrected chi connectivity index (χ2v) is 4.39. The maximum atomic E-state index is 10.8. The Balaban J connectivity index is 3.27. The summed E-state index contributed by atoms with van der Waals surface area (Å²) < 4.78 is 4.82. The van der Waals surface area contributed by atoms with Gasteiger partial charge in [-0.2, -0.15) is 0 Å². The van der Waals surface area contributed by atoms with Gasteiger partial charge in [0.1, 0.15) is 6.61 Å². The van der Waals surface area contributed by atoms with E-state index in [0.717, 1.165) is 25.7 Å². The van der Waals surface area contributed by atoms with Gasteiger partial charge in [-0.15, -0.1) is 0 Å². The minimum atomic E-state index is -0.747. The lowest BCUT2D eigenvalue weighted by Gasteiger charge is -2.10. The molecule has 0 spiro atoms. The lowest BCUT2D eigenvalue weighted by Crippen LogP contribution is -2.18. The molecule has 0 radical (unpaired) electrons. The number of esters is 1. The predicted molar refractivity (Wildman–Crippen MR) is 67.2 cm³/mol. The zero-order valence-electron chi connectivity index (χ0n) is 11.1. The number of carboxylic acids is 1. The Morgan fingerprint density at radius 2 is 1.72 bits per heavy atom. The standard InChI is InChI=1S/C13H24O5/c1-2-13(17)18-10-11(14)8-6-4-3-5-7-9-12(15)16/h11,14H,2-10H2,1H3,(H,15,16). The van der Waals surface area contributed by atoms with Gasteiger partial charge in [0.05, 0.1) is 6.10 Å². The highest BCUT2D eigenvalue weighted by Gasteiger charge is 2.07. The number of rotatable bonds is 11. The molecule has 5 heteroatoms. The highest BCUT2D eigenvalue weighted by atomic mass is 16.5. The first-order valence-electron chi connectivity index (χ1n) is 6.61. The van der Waals surface area contributed by atoms with Crippen molar-refractivity contribution in [1.82, 2.24) is 0 Å². The van der Waals surface area contributed by atoms with Gasteiger partial charge in [0.25, 0.3) is 0 Å². The van der Waals surface area contributed by atoms with E-state index in [1.807, 2.05) is 0 Å². The third-order valence-electron chi connectivity index (χ3n) is 2.65. The Morgan fingerprint density at radius 3 is 2.33 bits per heavy atom. The van der Waals surface area contributed by atoms with Gasteiger partial charge >= 0.3 is 11.9 Å². The number of carbonyl (C=O) groups is 2. The molecule has 0 aromatic carbocycles.